The number of hydrogen-bond acceptors (Lipinski definition) is 4. The fourth-order valence-corrected chi connectivity index (χ4v) is 4.41. The highest BCUT2D eigenvalue weighted by Gasteiger charge is 2.16. The van der Waals surface area contributed by atoms with Crippen molar-refractivity contribution in [1.29, 1.82) is 0 Å². The minimum absolute atomic E-state index is 0.241. The molecule has 148 valence electrons. The molecule has 0 radical (unpaired) electrons. The second kappa shape index (κ2) is 9.28. The summed E-state index contributed by atoms with van der Waals surface area (Å²) in [6, 6.07) is 28.5. The summed E-state index contributed by atoms with van der Waals surface area (Å²) in [5, 5.41) is 2.27. The zero-order valence-corrected chi connectivity index (χ0v) is 18.3. The quantitative estimate of drug-likeness (QED) is 0.227. The molecule has 30 heavy (non-hydrogen) atoms. The first-order valence-corrected chi connectivity index (χ1v) is 10.9. The van der Waals surface area contributed by atoms with Crippen molar-refractivity contribution in [3.05, 3.63) is 107 Å². The smallest absolute Gasteiger partial charge is 0.339 e. The van der Waals surface area contributed by atoms with Crippen LogP contribution in [0.4, 0.5) is 0 Å². The highest BCUT2D eigenvalue weighted by molar-refractivity contribution is 9.10. The van der Waals surface area contributed by atoms with E-state index >= 15 is 0 Å². The number of ketones is 1. The second-order valence-corrected chi connectivity index (χ2v) is 8.58. The molecule has 0 atom stereocenters. The Labute approximate surface area is 187 Å². The summed E-state index contributed by atoms with van der Waals surface area (Å²) in [7, 11) is 0. The van der Waals surface area contributed by atoms with Gasteiger partial charge in [0.25, 0.3) is 0 Å². The average Bonchev–Trinajstić information content (AvgIpc) is 2.78. The minimum atomic E-state index is -0.510. The van der Waals surface area contributed by atoms with Gasteiger partial charge in [-0.25, -0.2) is 4.79 Å². The lowest BCUT2D eigenvalue weighted by atomic mass is 10.1. The molecule has 4 rings (SSSR count). The molecular formula is C25H17BrO3S. The van der Waals surface area contributed by atoms with Crippen molar-refractivity contribution in [2.24, 2.45) is 0 Å². The van der Waals surface area contributed by atoms with Gasteiger partial charge in [-0.15, -0.1) is 0 Å². The van der Waals surface area contributed by atoms with E-state index in [9.17, 15) is 9.59 Å². The molecule has 0 aliphatic carbocycles. The second-order valence-electron chi connectivity index (χ2n) is 6.58. The number of carbonyl (C=O) groups is 2. The van der Waals surface area contributed by atoms with Crippen LogP contribution in [0.3, 0.4) is 0 Å². The Morgan fingerprint density at radius 2 is 1.43 bits per heavy atom. The molecule has 3 nitrogen and oxygen atoms in total. The minimum Gasteiger partial charge on any atom is -0.454 e. The first-order valence-electron chi connectivity index (χ1n) is 9.32. The van der Waals surface area contributed by atoms with E-state index in [2.05, 4.69) is 34.1 Å². The molecule has 4 aromatic rings. The molecule has 0 saturated heterocycles. The molecule has 0 unspecified atom stereocenters. The number of rotatable bonds is 6. The van der Waals surface area contributed by atoms with Crippen LogP contribution >= 0.6 is 27.7 Å². The predicted octanol–water partition coefficient (Wildman–Crippen LogP) is 6.79. The predicted molar refractivity (Wildman–Crippen MR) is 123 cm³/mol. The fourth-order valence-electron chi connectivity index (χ4n) is 3.06. The molecule has 0 aliphatic rings. The summed E-state index contributed by atoms with van der Waals surface area (Å²) in [6.07, 6.45) is 0. The van der Waals surface area contributed by atoms with Crippen molar-refractivity contribution in [1.82, 2.24) is 0 Å². The van der Waals surface area contributed by atoms with Gasteiger partial charge in [-0.05, 0) is 41.1 Å². The van der Waals surface area contributed by atoms with Crippen molar-refractivity contribution in [2.45, 2.75) is 9.79 Å². The topological polar surface area (TPSA) is 43.4 Å². The third-order valence-electron chi connectivity index (χ3n) is 4.58. The average molecular weight is 477 g/mol. The maximum absolute atomic E-state index is 12.7. The highest BCUT2D eigenvalue weighted by atomic mass is 79.9. The van der Waals surface area contributed by atoms with Crippen LogP contribution < -0.4 is 0 Å². The van der Waals surface area contributed by atoms with Gasteiger partial charge in [0.1, 0.15) is 0 Å². The van der Waals surface area contributed by atoms with Crippen LogP contribution in [-0.2, 0) is 4.74 Å². The molecule has 0 aromatic heterocycles. The van der Waals surface area contributed by atoms with Crippen molar-refractivity contribution in [3.8, 4) is 0 Å². The Morgan fingerprint density at radius 1 is 0.767 bits per heavy atom. The molecule has 0 aliphatic heterocycles. The summed E-state index contributed by atoms with van der Waals surface area (Å²) in [6.45, 7) is -0.298. The number of Topliss-reactive ketones (excluding diaryl/α,β-unsaturated/α-hetero) is 1. The number of hydrogen-bond donors (Lipinski definition) is 0. The molecule has 0 bridgehead atoms. The number of halogens is 1. The van der Waals surface area contributed by atoms with E-state index < -0.39 is 5.97 Å². The van der Waals surface area contributed by atoms with Crippen LogP contribution in [0.25, 0.3) is 10.8 Å². The van der Waals surface area contributed by atoms with Gasteiger partial charge in [0.15, 0.2) is 12.4 Å². The van der Waals surface area contributed by atoms with E-state index in [1.807, 2.05) is 36.4 Å². The molecule has 0 spiro atoms. The zero-order chi connectivity index (χ0) is 20.9. The molecule has 5 heteroatoms. The normalized spacial score (nSPS) is 10.7. The summed E-state index contributed by atoms with van der Waals surface area (Å²) < 4.78 is 6.21. The number of ether oxygens (including phenoxy) is 1. The summed E-state index contributed by atoms with van der Waals surface area (Å²) in [4.78, 5) is 26.9. The Hall–Kier alpha value is -2.89. The van der Waals surface area contributed by atoms with Crippen molar-refractivity contribution < 1.29 is 14.3 Å². The zero-order valence-electron chi connectivity index (χ0n) is 15.9. The van der Waals surface area contributed by atoms with E-state index in [4.69, 9.17) is 4.74 Å². The highest BCUT2D eigenvalue weighted by Crippen LogP contribution is 2.35. The lowest BCUT2D eigenvalue weighted by molar-refractivity contribution is 0.0471. The van der Waals surface area contributed by atoms with Crippen LogP contribution in [0.1, 0.15) is 20.7 Å². The van der Waals surface area contributed by atoms with Gasteiger partial charge < -0.3 is 4.74 Å². The van der Waals surface area contributed by atoms with E-state index in [0.717, 1.165) is 25.0 Å². The molecule has 0 amide bonds. The molecule has 0 heterocycles. The molecular weight excluding hydrogens is 460 g/mol. The molecule has 0 saturated carbocycles. The Kier molecular flexibility index (Phi) is 6.31. The van der Waals surface area contributed by atoms with Gasteiger partial charge in [0, 0.05) is 19.8 Å². The van der Waals surface area contributed by atoms with Crippen LogP contribution in [0.15, 0.2) is 105 Å². The fraction of sp³-hybridized carbons (Fsp3) is 0.0400. The van der Waals surface area contributed by atoms with Crippen LogP contribution in [-0.4, -0.2) is 18.4 Å². The summed E-state index contributed by atoms with van der Waals surface area (Å²) in [5.74, 6) is -0.751. The third-order valence-corrected chi connectivity index (χ3v) is 6.26. The lowest BCUT2D eigenvalue weighted by Crippen LogP contribution is -2.14. The Morgan fingerprint density at radius 3 is 2.27 bits per heavy atom. The van der Waals surface area contributed by atoms with E-state index in [0.29, 0.717) is 11.1 Å². The van der Waals surface area contributed by atoms with Crippen molar-refractivity contribution in [3.63, 3.8) is 0 Å². The standard InChI is InChI=1S/C25H17BrO3S/c26-19-14-12-18(13-15-19)22(27)16-29-25(28)21-9-3-4-10-24(21)30-23-11-5-7-17-6-1-2-8-20(17)23/h1-15H,16H2. The van der Waals surface area contributed by atoms with Crippen molar-refractivity contribution >= 4 is 50.2 Å². The largest absolute Gasteiger partial charge is 0.454 e. The third kappa shape index (κ3) is 4.64. The van der Waals surface area contributed by atoms with Gasteiger partial charge >= 0.3 is 5.97 Å². The van der Waals surface area contributed by atoms with Gasteiger partial charge in [-0.2, -0.15) is 0 Å². The number of benzene rings is 4. The SMILES string of the molecule is O=C(COC(=O)c1ccccc1Sc1cccc2ccccc12)c1ccc(Br)cc1. The van der Waals surface area contributed by atoms with Crippen LogP contribution in [0.5, 0.6) is 0 Å². The number of carbonyl (C=O) groups excluding carboxylic acids is 2. The lowest BCUT2D eigenvalue weighted by Gasteiger charge is -2.11. The van der Waals surface area contributed by atoms with Gasteiger partial charge in [-0.1, -0.05) is 88.4 Å². The summed E-state index contributed by atoms with van der Waals surface area (Å²) in [5.41, 5.74) is 0.948. The molecule has 4 aromatic carbocycles. The van der Waals surface area contributed by atoms with Crippen molar-refractivity contribution in [2.75, 3.05) is 6.61 Å². The first-order chi connectivity index (χ1) is 14.6. The molecule has 0 N–H and O–H groups in total. The van der Waals surface area contributed by atoms with E-state index in [-0.39, 0.29) is 12.4 Å². The van der Waals surface area contributed by atoms with Gasteiger partial charge in [-0.3, -0.25) is 4.79 Å². The van der Waals surface area contributed by atoms with Gasteiger partial charge in [0.05, 0.1) is 5.56 Å². The van der Waals surface area contributed by atoms with Crippen LogP contribution in [0.2, 0.25) is 0 Å². The van der Waals surface area contributed by atoms with E-state index in [1.165, 1.54) is 11.8 Å². The number of fused-ring (bicyclic) bond motifs is 1. The Bertz CT molecular complexity index is 1210. The Balaban J connectivity index is 1.52. The first kappa shape index (κ1) is 20.4. The summed E-state index contributed by atoms with van der Waals surface area (Å²) >= 11 is 4.85. The van der Waals surface area contributed by atoms with Crippen LogP contribution in [0, 0.1) is 0 Å². The number of esters is 1. The molecule has 0 fully saturated rings. The monoisotopic (exact) mass is 476 g/mol. The maximum atomic E-state index is 12.7. The van der Waals surface area contributed by atoms with Gasteiger partial charge in [0.2, 0.25) is 0 Å². The maximum Gasteiger partial charge on any atom is 0.339 e. The van der Waals surface area contributed by atoms with E-state index in [1.54, 1.807) is 36.4 Å².